The lowest BCUT2D eigenvalue weighted by Gasteiger charge is -2.29. The number of para-hydroxylation sites is 1. The van der Waals surface area contributed by atoms with Gasteiger partial charge >= 0.3 is 0 Å². The molecule has 0 radical (unpaired) electrons. The zero-order valence-corrected chi connectivity index (χ0v) is 12.5. The first-order valence-corrected chi connectivity index (χ1v) is 8.03. The summed E-state index contributed by atoms with van der Waals surface area (Å²) in [7, 11) is 2.09. The molecule has 1 aliphatic rings. The molecule has 1 unspecified atom stereocenters. The van der Waals surface area contributed by atoms with Gasteiger partial charge in [-0.05, 0) is 43.1 Å². The van der Waals surface area contributed by atoms with Crippen molar-refractivity contribution in [2.24, 2.45) is 5.92 Å². The normalized spacial score (nSPS) is 17.2. The Balaban J connectivity index is 1.75. The van der Waals surface area contributed by atoms with Crippen LogP contribution in [0.25, 0.3) is 21.8 Å². The number of nitrogens with one attached hydrogen (secondary N) is 2. The molecule has 0 amide bonds. The minimum Gasteiger partial charge on any atom is -0.355 e. The number of aromatic amines is 1. The van der Waals surface area contributed by atoms with Gasteiger partial charge in [-0.1, -0.05) is 43.5 Å². The maximum Gasteiger partial charge on any atom is 0.0465 e. The van der Waals surface area contributed by atoms with Gasteiger partial charge in [0.2, 0.25) is 0 Å². The van der Waals surface area contributed by atoms with Crippen molar-refractivity contribution in [1.82, 2.24) is 10.3 Å². The molecular formula is C19H22N2. The van der Waals surface area contributed by atoms with E-state index in [1.807, 2.05) is 0 Å². The quantitative estimate of drug-likeness (QED) is 0.706. The molecule has 1 heterocycles. The van der Waals surface area contributed by atoms with E-state index in [0.717, 1.165) is 5.92 Å². The van der Waals surface area contributed by atoms with E-state index in [4.69, 9.17) is 0 Å². The molecule has 0 aliphatic heterocycles. The molecule has 108 valence electrons. The predicted octanol–water partition coefficient (Wildman–Crippen LogP) is 4.77. The summed E-state index contributed by atoms with van der Waals surface area (Å²) in [6, 6.07) is 15.9. The van der Waals surface area contributed by atoms with Gasteiger partial charge in [0, 0.05) is 27.8 Å². The molecule has 1 aromatic heterocycles. The van der Waals surface area contributed by atoms with Crippen LogP contribution in [0.3, 0.4) is 0 Å². The third-order valence-electron chi connectivity index (χ3n) is 5.07. The topological polar surface area (TPSA) is 27.8 Å². The van der Waals surface area contributed by atoms with Crippen molar-refractivity contribution in [3.8, 4) is 0 Å². The minimum absolute atomic E-state index is 0.480. The Labute approximate surface area is 125 Å². The van der Waals surface area contributed by atoms with Crippen molar-refractivity contribution in [1.29, 1.82) is 0 Å². The summed E-state index contributed by atoms with van der Waals surface area (Å²) in [5, 5.41) is 6.18. The Morgan fingerprint density at radius 2 is 1.90 bits per heavy atom. The smallest absolute Gasteiger partial charge is 0.0465 e. The van der Waals surface area contributed by atoms with E-state index in [9.17, 15) is 0 Å². The van der Waals surface area contributed by atoms with Crippen LogP contribution in [0.15, 0.2) is 42.5 Å². The third kappa shape index (κ3) is 2.24. The van der Waals surface area contributed by atoms with Gasteiger partial charge in [0.05, 0.1) is 0 Å². The fourth-order valence-electron chi connectivity index (χ4n) is 3.56. The van der Waals surface area contributed by atoms with Crippen LogP contribution >= 0.6 is 0 Å². The van der Waals surface area contributed by atoms with Crippen LogP contribution in [-0.2, 0) is 0 Å². The average Bonchev–Trinajstić information content (AvgIpc) is 2.84. The Hall–Kier alpha value is -1.80. The molecule has 3 aromatic rings. The summed E-state index contributed by atoms with van der Waals surface area (Å²) in [4.78, 5) is 3.50. The van der Waals surface area contributed by atoms with Crippen LogP contribution in [0, 0.1) is 5.92 Å². The van der Waals surface area contributed by atoms with Crippen LogP contribution in [0.5, 0.6) is 0 Å². The van der Waals surface area contributed by atoms with Gasteiger partial charge in [-0.15, -0.1) is 0 Å². The van der Waals surface area contributed by atoms with Gasteiger partial charge in [0.15, 0.2) is 0 Å². The minimum atomic E-state index is 0.480. The van der Waals surface area contributed by atoms with E-state index in [1.165, 1.54) is 53.1 Å². The van der Waals surface area contributed by atoms with Crippen molar-refractivity contribution in [2.75, 3.05) is 7.05 Å². The Morgan fingerprint density at radius 1 is 1.10 bits per heavy atom. The Kier molecular flexibility index (Phi) is 3.19. The monoisotopic (exact) mass is 278 g/mol. The molecule has 1 fully saturated rings. The Morgan fingerprint density at radius 3 is 2.67 bits per heavy atom. The molecule has 1 saturated carbocycles. The van der Waals surface area contributed by atoms with E-state index in [1.54, 1.807) is 0 Å². The largest absolute Gasteiger partial charge is 0.355 e. The first kappa shape index (κ1) is 12.9. The highest BCUT2D eigenvalue weighted by Crippen LogP contribution is 2.36. The van der Waals surface area contributed by atoms with Crippen LogP contribution in [-0.4, -0.2) is 12.0 Å². The summed E-state index contributed by atoms with van der Waals surface area (Å²) in [6.07, 6.45) is 5.51. The average molecular weight is 278 g/mol. The summed E-state index contributed by atoms with van der Waals surface area (Å²) < 4.78 is 0. The molecule has 0 spiro atoms. The number of hydrogen-bond donors (Lipinski definition) is 2. The van der Waals surface area contributed by atoms with Gasteiger partial charge in [0.1, 0.15) is 0 Å². The van der Waals surface area contributed by atoms with Crippen LogP contribution in [0.2, 0.25) is 0 Å². The van der Waals surface area contributed by atoms with Crippen molar-refractivity contribution < 1.29 is 0 Å². The summed E-state index contributed by atoms with van der Waals surface area (Å²) in [5.74, 6) is 0.918. The molecule has 1 atom stereocenters. The first-order valence-electron chi connectivity index (χ1n) is 8.03. The zero-order chi connectivity index (χ0) is 14.2. The standard InChI is InChI=1S/C19H22N2/c1-20-19(11-13-5-4-6-13)14-9-10-18-16(12-14)15-7-2-3-8-17(15)21-18/h2-3,7-10,12-13,19-21H,4-6,11H2,1H3. The van der Waals surface area contributed by atoms with Gasteiger partial charge in [-0.25, -0.2) is 0 Å². The van der Waals surface area contributed by atoms with E-state index < -0.39 is 0 Å². The van der Waals surface area contributed by atoms with Gasteiger partial charge in [0.25, 0.3) is 0 Å². The maximum absolute atomic E-state index is 3.51. The molecule has 0 bridgehead atoms. The highest BCUT2D eigenvalue weighted by atomic mass is 14.9. The fourth-order valence-corrected chi connectivity index (χ4v) is 3.56. The molecule has 4 rings (SSSR count). The molecule has 2 nitrogen and oxygen atoms in total. The molecule has 0 saturated heterocycles. The van der Waals surface area contributed by atoms with Crippen LogP contribution < -0.4 is 5.32 Å². The fraction of sp³-hybridized carbons (Fsp3) is 0.368. The highest BCUT2D eigenvalue weighted by Gasteiger charge is 2.22. The Bertz CT molecular complexity index is 767. The molecule has 1 aliphatic carbocycles. The van der Waals surface area contributed by atoms with Gasteiger partial charge < -0.3 is 10.3 Å². The first-order chi connectivity index (χ1) is 10.3. The summed E-state index contributed by atoms with van der Waals surface area (Å²) in [6.45, 7) is 0. The lowest BCUT2D eigenvalue weighted by Crippen LogP contribution is -2.23. The molecule has 2 aromatic carbocycles. The van der Waals surface area contributed by atoms with Crippen molar-refractivity contribution in [2.45, 2.75) is 31.7 Å². The number of H-pyrrole nitrogens is 1. The molecule has 2 N–H and O–H groups in total. The lowest BCUT2D eigenvalue weighted by molar-refractivity contribution is 0.266. The van der Waals surface area contributed by atoms with Gasteiger partial charge in [-0.2, -0.15) is 0 Å². The number of benzene rings is 2. The van der Waals surface area contributed by atoms with Crippen molar-refractivity contribution in [3.63, 3.8) is 0 Å². The molecule has 21 heavy (non-hydrogen) atoms. The summed E-state index contributed by atoms with van der Waals surface area (Å²) in [5.41, 5.74) is 3.88. The van der Waals surface area contributed by atoms with E-state index in [2.05, 4.69) is 59.8 Å². The molecular weight excluding hydrogens is 256 g/mol. The van der Waals surface area contributed by atoms with Gasteiger partial charge in [-0.3, -0.25) is 0 Å². The zero-order valence-electron chi connectivity index (χ0n) is 12.5. The third-order valence-corrected chi connectivity index (χ3v) is 5.07. The van der Waals surface area contributed by atoms with E-state index in [-0.39, 0.29) is 0 Å². The van der Waals surface area contributed by atoms with Crippen molar-refractivity contribution in [3.05, 3.63) is 48.0 Å². The van der Waals surface area contributed by atoms with E-state index in [0.29, 0.717) is 6.04 Å². The maximum atomic E-state index is 3.51. The van der Waals surface area contributed by atoms with Crippen LogP contribution in [0.1, 0.15) is 37.3 Å². The number of fused-ring (bicyclic) bond motifs is 3. The SMILES string of the molecule is CNC(CC1CCC1)c1ccc2[nH]c3ccccc3c2c1. The number of aromatic nitrogens is 1. The number of hydrogen-bond acceptors (Lipinski definition) is 1. The second-order valence-corrected chi connectivity index (χ2v) is 6.35. The second-order valence-electron chi connectivity index (χ2n) is 6.35. The second kappa shape index (κ2) is 5.19. The molecule has 2 heteroatoms. The van der Waals surface area contributed by atoms with E-state index >= 15 is 0 Å². The summed E-state index contributed by atoms with van der Waals surface area (Å²) >= 11 is 0. The highest BCUT2D eigenvalue weighted by molar-refractivity contribution is 6.07. The van der Waals surface area contributed by atoms with Crippen molar-refractivity contribution >= 4 is 21.8 Å². The predicted molar refractivity (Wildman–Crippen MR) is 89.6 cm³/mol. The lowest BCUT2D eigenvalue weighted by atomic mass is 9.79. The van der Waals surface area contributed by atoms with Crippen LogP contribution in [0.4, 0.5) is 0 Å². The number of rotatable bonds is 4.